The fourth-order valence-electron chi connectivity index (χ4n) is 0.827. The minimum absolute atomic E-state index is 0.0415. The molecule has 0 unspecified atom stereocenters. The molecule has 0 rings (SSSR count). The summed E-state index contributed by atoms with van der Waals surface area (Å²) in [6.45, 7) is -0.616. The van der Waals surface area contributed by atoms with Crippen molar-refractivity contribution < 1.29 is 21.8 Å². The smallest absolute Gasteiger partial charge is 0.137 e. The molecule has 0 aromatic carbocycles. The predicted molar refractivity (Wildman–Crippen MR) is 45.3 cm³/mol. The highest BCUT2D eigenvalue weighted by molar-refractivity contribution is 4.83. The standard InChI is InChI=1S/C6H17N3O4/c7-3(1-9-8)5(12)6(13)4(11)2-10/h3-6,9-13H,1-2,7-8H2/t3-,4+,5+,6-/m0/s1/i/hD. The van der Waals surface area contributed by atoms with Gasteiger partial charge in [-0.3, -0.25) is 11.3 Å². The molecule has 0 heterocycles. The summed E-state index contributed by atoms with van der Waals surface area (Å²) in [6.07, 6.45) is -4.32. The molecule has 0 radical (unpaired) electrons. The lowest BCUT2D eigenvalue weighted by Crippen LogP contribution is -2.53. The van der Waals surface area contributed by atoms with Crippen LogP contribution >= 0.6 is 0 Å². The molecule has 0 spiro atoms. The molecule has 0 bridgehead atoms. The number of aliphatic hydroxyl groups is 4. The first-order valence-electron chi connectivity index (χ1n) is 4.34. The topological polar surface area (TPSA) is 145 Å². The van der Waals surface area contributed by atoms with Crippen LogP contribution < -0.4 is 17.0 Å². The van der Waals surface area contributed by atoms with Gasteiger partial charge in [0.1, 0.15) is 13.6 Å². The Hall–Kier alpha value is -0.280. The number of aliphatic hydroxyl groups excluding tert-OH is 4. The van der Waals surface area contributed by atoms with Gasteiger partial charge >= 0.3 is 0 Å². The van der Waals surface area contributed by atoms with Crippen LogP contribution in [0.2, 0.25) is 1.41 Å². The van der Waals surface area contributed by atoms with E-state index in [1.165, 1.54) is 0 Å². The average Bonchev–Trinajstić information content (AvgIpc) is 2.22. The van der Waals surface area contributed by atoms with Crippen molar-refractivity contribution in [3.63, 3.8) is 0 Å². The summed E-state index contributed by atoms with van der Waals surface area (Å²) >= 11 is 0. The van der Waals surface area contributed by atoms with Crippen LogP contribution in [0.25, 0.3) is 0 Å². The van der Waals surface area contributed by atoms with Crippen molar-refractivity contribution in [1.29, 1.82) is 0 Å². The van der Waals surface area contributed by atoms with E-state index in [0.717, 1.165) is 0 Å². The average molecular weight is 196 g/mol. The summed E-state index contributed by atoms with van der Waals surface area (Å²) in [4.78, 5) is 0. The molecule has 0 amide bonds. The van der Waals surface area contributed by atoms with Crippen molar-refractivity contribution in [2.45, 2.75) is 24.4 Å². The van der Waals surface area contributed by atoms with Gasteiger partial charge in [-0.1, -0.05) is 0 Å². The van der Waals surface area contributed by atoms with Gasteiger partial charge in [0, 0.05) is 12.6 Å². The van der Waals surface area contributed by atoms with Gasteiger partial charge in [-0.15, -0.1) is 0 Å². The van der Waals surface area contributed by atoms with Gasteiger partial charge in [-0.2, -0.15) is 0 Å². The van der Waals surface area contributed by atoms with E-state index in [-0.39, 0.29) is 6.54 Å². The SMILES string of the molecule is [2H]NNC[C@H](N)[C@@H](O)[C@@H](O)[C@H](O)CO. The van der Waals surface area contributed by atoms with E-state index in [9.17, 15) is 10.2 Å². The van der Waals surface area contributed by atoms with Crippen LogP contribution in [0.3, 0.4) is 0 Å². The third-order valence-electron chi connectivity index (χ3n) is 1.71. The van der Waals surface area contributed by atoms with Crippen molar-refractivity contribution in [3.8, 4) is 0 Å². The number of rotatable bonds is 7. The Morgan fingerprint density at radius 3 is 2.38 bits per heavy atom. The molecule has 0 aromatic rings. The minimum atomic E-state index is -1.51. The summed E-state index contributed by atoms with van der Waals surface area (Å²) < 4.78 is 6.51. The van der Waals surface area contributed by atoms with E-state index in [4.69, 9.17) is 17.4 Å². The molecule has 80 valence electrons. The lowest BCUT2D eigenvalue weighted by Gasteiger charge is -2.25. The number of hydrazine groups is 1. The van der Waals surface area contributed by atoms with Crippen molar-refractivity contribution >= 4 is 0 Å². The lowest BCUT2D eigenvalue weighted by atomic mass is 10.0. The van der Waals surface area contributed by atoms with Crippen molar-refractivity contribution in [3.05, 3.63) is 0 Å². The van der Waals surface area contributed by atoms with Crippen LogP contribution in [0.1, 0.15) is 0 Å². The lowest BCUT2D eigenvalue weighted by molar-refractivity contribution is -0.0829. The fourth-order valence-corrected chi connectivity index (χ4v) is 0.827. The second kappa shape index (κ2) is 6.22. The normalized spacial score (nSPS) is 21.8. The van der Waals surface area contributed by atoms with E-state index >= 15 is 0 Å². The molecule has 0 fully saturated rings. The highest BCUT2D eigenvalue weighted by Gasteiger charge is 2.28. The zero-order valence-electron chi connectivity index (χ0n) is 8.09. The van der Waals surface area contributed by atoms with Crippen molar-refractivity contribution in [2.75, 3.05) is 13.2 Å². The molecule has 0 aliphatic heterocycles. The van der Waals surface area contributed by atoms with Crippen LogP contribution in [0.15, 0.2) is 0 Å². The Labute approximate surface area is 77.4 Å². The number of hydrogen-bond donors (Lipinski definition) is 7. The number of nitrogens with two attached hydrogens (primary N) is 2. The van der Waals surface area contributed by atoms with E-state index in [1.54, 1.807) is 0 Å². The molecular formula is C6H17N3O4. The molecule has 9 N–H and O–H groups in total. The molecule has 0 aromatic heterocycles. The number of hydrogen-bond acceptors (Lipinski definition) is 7. The Morgan fingerprint density at radius 1 is 1.31 bits per heavy atom. The van der Waals surface area contributed by atoms with E-state index < -0.39 is 31.0 Å². The number of nitrogens with one attached hydrogen (secondary N) is 1. The van der Waals surface area contributed by atoms with Gasteiger partial charge in [0.15, 0.2) is 0 Å². The Balaban J connectivity index is 3.95. The van der Waals surface area contributed by atoms with E-state index in [2.05, 4.69) is 5.43 Å². The third-order valence-corrected chi connectivity index (χ3v) is 1.71. The minimum Gasteiger partial charge on any atom is -0.394 e. The van der Waals surface area contributed by atoms with Gasteiger partial charge in [0.25, 0.3) is 0 Å². The largest absolute Gasteiger partial charge is 0.394 e. The molecule has 0 aliphatic carbocycles. The van der Waals surface area contributed by atoms with E-state index in [0.29, 0.717) is 0 Å². The van der Waals surface area contributed by atoms with Crippen LogP contribution in [-0.4, -0.2) is 57.9 Å². The quantitative estimate of drug-likeness (QED) is 0.162. The summed E-state index contributed by atoms with van der Waals surface area (Å²) in [6, 6.07) is -0.857. The summed E-state index contributed by atoms with van der Waals surface area (Å²) in [5.41, 5.74) is 7.73. The van der Waals surface area contributed by atoms with Crippen LogP contribution in [-0.2, 0) is 0 Å². The predicted octanol–water partition coefficient (Wildman–Crippen LogP) is -4.15. The van der Waals surface area contributed by atoms with Gasteiger partial charge in [0.2, 0.25) is 0 Å². The van der Waals surface area contributed by atoms with Crippen LogP contribution in [0, 0.1) is 0 Å². The summed E-state index contributed by atoms with van der Waals surface area (Å²) in [7, 11) is 0. The fraction of sp³-hybridized carbons (Fsp3) is 1.00. The maximum atomic E-state index is 9.34. The Kier molecular flexibility index (Phi) is 5.16. The monoisotopic (exact) mass is 196 g/mol. The maximum absolute atomic E-state index is 9.34. The summed E-state index contributed by atoms with van der Waals surface area (Å²) in [5.74, 6) is 1.85. The molecule has 4 atom stereocenters. The Morgan fingerprint density at radius 2 is 1.92 bits per heavy atom. The zero-order chi connectivity index (χ0) is 11.1. The van der Waals surface area contributed by atoms with Gasteiger partial charge in [-0.05, 0) is 0 Å². The molecular weight excluding hydrogens is 178 g/mol. The van der Waals surface area contributed by atoms with Gasteiger partial charge in [-0.25, -0.2) is 0 Å². The molecule has 7 heteroatoms. The van der Waals surface area contributed by atoms with Crippen LogP contribution in [0.4, 0.5) is 0 Å². The van der Waals surface area contributed by atoms with Crippen LogP contribution in [0.5, 0.6) is 0 Å². The second-order valence-corrected chi connectivity index (χ2v) is 2.78. The van der Waals surface area contributed by atoms with E-state index in [1.807, 2.05) is 5.84 Å². The Bertz CT molecular complexity index is 153. The van der Waals surface area contributed by atoms with Gasteiger partial charge < -0.3 is 26.2 Å². The first-order chi connectivity index (χ1) is 6.54. The maximum Gasteiger partial charge on any atom is 0.137 e. The highest BCUT2D eigenvalue weighted by atomic mass is 16.4. The highest BCUT2D eigenvalue weighted by Crippen LogP contribution is 2.02. The third kappa shape index (κ3) is 3.96. The molecule has 0 saturated carbocycles. The molecule has 0 aliphatic rings. The second-order valence-electron chi connectivity index (χ2n) is 2.78. The zero-order valence-corrected chi connectivity index (χ0v) is 7.09. The van der Waals surface area contributed by atoms with Crippen molar-refractivity contribution in [2.24, 2.45) is 11.6 Å². The first kappa shape index (κ1) is 10.8. The first-order valence-corrected chi connectivity index (χ1v) is 3.84. The summed E-state index contributed by atoms with van der Waals surface area (Å²) in [5, 5.41) is 36.0. The molecule has 7 nitrogen and oxygen atoms in total. The molecule has 13 heavy (non-hydrogen) atoms. The van der Waals surface area contributed by atoms with Gasteiger partial charge in [0.05, 0.1) is 12.7 Å². The molecule has 0 saturated heterocycles. The van der Waals surface area contributed by atoms with Crippen molar-refractivity contribution in [1.82, 2.24) is 5.43 Å².